The quantitative estimate of drug-likeness (QED) is 0.424. The molecule has 0 bridgehead atoms. The summed E-state index contributed by atoms with van der Waals surface area (Å²) in [6.07, 6.45) is 9.57. The van der Waals surface area contributed by atoms with Gasteiger partial charge < -0.3 is 5.32 Å². The summed E-state index contributed by atoms with van der Waals surface area (Å²) in [5, 5.41) is 3.41. The van der Waals surface area contributed by atoms with E-state index in [0.717, 1.165) is 41.3 Å². The first-order valence-electron chi connectivity index (χ1n) is 10.5. The Bertz CT molecular complexity index is 1160. The van der Waals surface area contributed by atoms with Crippen LogP contribution >= 0.6 is 0 Å². The molecular formula is C25H24N4O. The fraction of sp³-hybridized carbons (Fsp3) is 0.240. The van der Waals surface area contributed by atoms with Gasteiger partial charge in [-0.2, -0.15) is 0 Å². The van der Waals surface area contributed by atoms with Gasteiger partial charge in [0.25, 0.3) is 0 Å². The molecule has 5 heteroatoms. The first-order valence-corrected chi connectivity index (χ1v) is 10.5. The molecule has 0 atom stereocenters. The van der Waals surface area contributed by atoms with Crippen LogP contribution in [0.25, 0.3) is 16.9 Å². The number of Topliss-reactive ketones (excluding diaryl/α,β-unsaturated/α-hetero) is 1. The van der Waals surface area contributed by atoms with Gasteiger partial charge in [-0.25, -0.2) is 9.97 Å². The summed E-state index contributed by atoms with van der Waals surface area (Å²) in [6, 6.07) is 18.3. The summed E-state index contributed by atoms with van der Waals surface area (Å²) in [7, 11) is 0. The minimum atomic E-state index is 0.247. The first-order chi connectivity index (χ1) is 14.8. The second-order valence-electron chi connectivity index (χ2n) is 7.92. The molecule has 2 aromatic heterocycles. The van der Waals surface area contributed by atoms with E-state index in [2.05, 4.69) is 39.6 Å². The number of hydrogen-bond donors (Lipinski definition) is 1. The predicted octanol–water partition coefficient (Wildman–Crippen LogP) is 5.03. The van der Waals surface area contributed by atoms with E-state index in [1.54, 1.807) is 6.20 Å². The number of nitrogens with one attached hydrogen (secondary N) is 1. The zero-order chi connectivity index (χ0) is 20.3. The summed E-state index contributed by atoms with van der Waals surface area (Å²) >= 11 is 0. The molecule has 5 rings (SSSR count). The van der Waals surface area contributed by atoms with E-state index in [1.807, 2.05) is 47.1 Å². The highest BCUT2D eigenvalue weighted by Crippen LogP contribution is 2.33. The summed E-state index contributed by atoms with van der Waals surface area (Å²) in [6.45, 7) is 0.788. The van der Waals surface area contributed by atoms with E-state index in [-0.39, 0.29) is 5.78 Å². The van der Waals surface area contributed by atoms with Crippen LogP contribution in [0.2, 0.25) is 0 Å². The number of carbonyl (C=O) groups excluding carboxylic acids is 1. The Labute approximate surface area is 175 Å². The van der Waals surface area contributed by atoms with Gasteiger partial charge in [-0.1, -0.05) is 54.6 Å². The lowest BCUT2D eigenvalue weighted by Gasteiger charge is -2.08. The van der Waals surface area contributed by atoms with Crippen LogP contribution in [0.15, 0.2) is 73.2 Å². The molecule has 1 aliphatic rings. The minimum absolute atomic E-state index is 0.247. The van der Waals surface area contributed by atoms with Crippen molar-refractivity contribution in [2.24, 2.45) is 5.92 Å². The van der Waals surface area contributed by atoms with Gasteiger partial charge in [0, 0.05) is 36.5 Å². The minimum Gasteiger partial charge on any atom is -0.367 e. The zero-order valence-electron chi connectivity index (χ0n) is 16.8. The van der Waals surface area contributed by atoms with Crippen molar-refractivity contribution in [2.75, 3.05) is 11.9 Å². The van der Waals surface area contributed by atoms with Gasteiger partial charge in [-0.05, 0) is 30.7 Å². The van der Waals surface area contributed by atoms with Crippen LogP contribution in [0, 0.1) is 5.92 Å². The van der Waals surface area contributed by atoms with Gasteiger partial charge in [-0.15, -0.1) is 0 Å². The molecular weight excluding hydrogens is 372 g/mol. The number of aromatic nitrogens is 3. The molecule has 5 nitrogen and oxygen atoms in total. The Morgan fingerprint density at radius 1 is 1.03 bits per heavy atom. The van der Waals surface area contributed by atoms with E-state index in [9.17, 15) is 4.79 Å². The lowest BCUT2D eigenvalue weighted by molar-refractivity contribution is 0.0976. The van der Waals surface area contributed by atoms with E-state index < -0.39 is 0 Å². The van der Waals surface area contributed by atoms with Gasteiger partial charge in [-0.3, -0.25) is 9.20 Å². The van der Waals surface area contributed by atoms with Crippen LogP contribution in [-0.4, -0.2) is 26.7 Å². The number of imidazole rings is 1. The van der Waals surface area contributed by atoms with Crippen LogP contribution in [-0.2, 0) is 6.42 Å². The molecule has 0 amide bonds. The summed E-state index contributed by atoms with van der Waals surface area (Å²) in [4.78, 5) is 21.4. The second-order valence-corrected chi connectivity index (χ2v) is 7.92. The number of nitrogens with zero attached hydrogens (tertiary/aromatic N) is 3. The Hall–Kier alpha value is -3.47. The van der Waals surface area contributed by atoms with Crippen LogP contribution in [0.5, 0.6) is 0 Å². The fourth-order valence-corrected chi connectivity index (χ4v) is 3.76. The van der Waals surface area contributed by atoms with Crippen LogP contribution in [0.1, 0.15) is 35.2 Å². The van der Waals surface area contributed by atoms with Crippen molar-refractivity contribution in [3.05, 3.63) is 84.3 Å². The molecule has 2 aromatic carbocycles. The van der Waals surface area contributed by atoms with Crippen molar-refractivity contribution in [1.82, 2.24) is 14.4 Å². The van der Waals surface area contributed by atoms with E-state index >= 15 is 0 Å². The highest BCUT2D eigenvalue weighted by Gasteiger charge is 2.24. The topological polar surface area (TPSA) is 59.3 Å². The third-order valence-electron chi connectivity index (χ3n) is 5.65. The molecule has 0 unspecified atom stereocenters. The summed E-state index contributed by atoms with van der Waals surface area (Å²) in [5.41, 5.74) is 4.91. The highest BCUT2D eigenvalue weighted by atomic mass is 16.1. The molecule has 1 saturated carbocycles. The molecule has 150 valence electrons. The lowest BCUT2D eigenvalue weighted by Crippen LogP contribution is -2.08. The van der Waals surface area contributed by atoms with E-state index in [0.29, 0.717) is 12.3 Å². The third-order valence-corrected chi connectivity index (χ3v) is 5.65. The molecule has 2 heterocycles. The van der Waals surface area contributed by atoms with Crippen molar-refractivity contribution >= 4 is 17.2 Å². The number of carbonyl (C=O) groups is 1. The average molecular weight is 396 g/mol. The number of fused-ring (bicyclic) bond motifs is 1. The summed E-state index contributed by atoms with van der Waals surface area (Å²) in [5.74, 6) is 1.63. The van der Waals surface area contributed by atoms with Gasteiger partial charge in [0.1, 0.15) is 0 Å². The number of hydrogen-bond acceptors (Lipinski definition) is 4. The van der Waals surface area contributed by atoms with Gasteiger partial charge in [0.05, 0.1) is 11.9 Å². The molecule has 0 saturated heterocycles. The molecule has 0 spiro atoms. The molecule has 1 fully saturated rings. The third kappa shape index (κ3) is 3.96. The average Bonchev–Trinajstić information content (AvgIpc) is 3.49. The lowest BCUT2D eigenvalue weighted by atomic mass is 10.0. The van der Waals surface area contributed by atoms with Crippen LogP contribution in [0.3, 0.4) is 0 Å². The molecule has 30 heavy (non-hydrogen) atoms. The van der Waals surface area contributed by atoms with Crippen molar-refractivity contribution in [2.45, 2.75) is 25.7 Å². The number of ketones is 1. The Kier molecular flexibility index (Phi) is 5.01. The zero-order valence-corrected chi connectivity index (χ0v) is 16.8. The van der Waals surface area contributed by atoms with E-state index in [1.165, 1.54) is 18.4 Å². The maximum absolute atomic E-state index is 12.3. The van der Waals surface area contributed by atoms with Crippen molar-refractivity contribution in [1.29, 1.82) is 0 Å². The molecule has 0 aliphatic heterocycles. The number of rotatable bonds is 8. The Morgan fingerprint density at radius 3 is 2.60 bits per heavy atom. The standard InChI is InChI=1S/C25H24N4O/c30-23(16-19-6-7-19)21-10-8-20(9-11-21)22-17-28-25-24(27-14-15-29(22)25)26-13-12-18-4-2-1-3-5-18/h1-5,8-11,14-15,17,19H,6-7,12-13,16H2,(H,26,27). The second kappa shape index (κ2) is 8.11. The number of benzene rings is 2. The summed E-state index contributed by atoms with van der Waals surface area (Å²) < 4.78 is 2.04. The van der Waals surface area contributed by atoms with Gasteiger partial charge >= 0.3 is 0 Å². The van der Waals surface area contributed by atoms with Crippen LogP contribution < -0.4 is 5.32 Å². The maximum Gasteiger partial charge on any atom is 0.180 e. The Balaban J connectivity index is 1.33. The molecule has 1 aliphatic carbocycles. The van der Waals surface area contributed by atoms with Crippen molar-refractivity contribution < 1.29 is 4.79 Å². The Morgan fingerprint density at radius 2 is 1.83 bits per heavy atom. The maximum atomic E-state index is 12.3. The van der Waals surface area contributed by atoms with E-state index in [4.69, 9.17) is 0 Å². The SMILES string of the molecule is O=C(CC1CC1)c1ccc(-c2cnc3c(NCCc4ccccc4)nccn23)cc1. The largest absolute Gasteiger partial charge is 0.367 e. The normalized spacial score (nSPS) is 13.5. The smallest absolute Gasteiger partial charge is 0.180 e. The van der Waals surface area contributed by atoms with Crippen molar-refractivity contribution in [3.8, 4) is 11.3 Å². The molecule has 4 aromatic rings. The highest BCUT2D eigenvalue weighted by molar-refractivity contribution is 5.96. The van der Waals surface area contributed by atoms with Crippen LogP contribution in [0.4, 0.5) is 5.82 Å². The first kappa shape index (κ1) is 18.6. The fourth-order valence-electron chi connectivity index (χ4n) is 3.76. The number of anilines is 1. The molecule has 0 radical (unpaired) electrons. The van der Waals surface area contributed by atoms with Gasteiger partial charge in [0.15, 0.2) is 17.2 Å². The monoisotopic (exact) mass is 396 g/mol. The van der Waals surface area contributed by atoms with Gasteiger partial charge in [0.2, 0.25) is 0 Å². The molecule has 1 N–H and O–H groups in total. The van der Waals surface area contributed by atoms with Crippen molar-refractivity contribution in [3.63, 3.8) is 0 Å². The predicted molar refractivity (Wildman–Crippen MR) is 119 cm³/mol.